The van der Waals surface area contributed by atoms with Gasteiger partial charge in [0.1, 0.15) is 0 Å². The predicted molar refractivity (Wildman–Crippen MR) is 104 cm³/mol. The van der Waals surface area contributed by atoms with Crippen molar-refractivity contribution in [1.29, 1.82) is 0 Å². The van der Waals surface area contributed by atoms with Gasteiger partial charge in [-0.15, -0.1) is 0 Å². The zero-order valence-electron chi connectivity index (χ0n) is 16.0. The number of aryl methyl sites for hydroxylation is 1. The molecule has 1 heteroatoms. The highest BCUT2D eigenvalue weighted by Crippen LogP contribution is 2.13. The predicted octanol–water partition coefficient (Wildman–Crippen LogP) is 6.23. The van der Waals surface area contributed by atoms with Gasteiger partial charge in [0.2, 0.25) is 0 Å². The normalized spacial score (nSPS) is 11.8. The molecule has 0 saturated heterocycles. The molecule has 0 aromatic heterocycles. The summed E-state index contributed by atoms with van der Waals surface area (Å²) in [7, 11) is 4.69. The Hall–Kier alpha value is -0.820. The summed E-state index contributed by atoms with van der Waals surface area (Å²) in [5.74, 6) is 0. The Kier molecular flexibility index (Phi) is 11.1. The lowest BCUT2D eigenvalue weighted by Gasteiger charge is -2.28. The molecule has 23 heavy (non-hydrogen) atoms. The second kappa shape index (κ2) is 12.6. The maximum atomic E-state index is 2.35. The minimum atomic E-state index is 1.18. The van der Waals surface area contributed by atoms with Crippen molar-refractivity contribution < 1.29 is 4.48 Å². The fourth-order valence-corrected chi connectivity index (χ4v) is 3.09. The van der Waals surface area contributed by atoms with Crippen LogP contribution in [0.25, 0.3) is 0 Å². The highest BCUT2D eigenvalue weighted by molar-refractivity contribution is 5.14. The highest BCUT2D eigenvalue weighted by atomic mass is 15.3. The van der Waals surface area contributed by atoms with Gasteiger partial charge < -0.3 is 4.48 Å². The lowest BCUT2D eigenvalue weighted by atomic mass is 10.0. The van der Waals surface area contributed by atoms with Gasteiger partial charge in [-0.1, -0.05) is 75.3 Å². The van der Waals surface area contributed by atoms with Crippen LogP contribution in [0.3, 0.4) is 0 Å². The first kappa shape index (κ1) is 20.2. The summed E-state index contributed by atoms with van der Waals surface area (Å²) in [6, 6.07) is 10.9. The molecule has 1 rings (SSSR count). The molecular formula is C22H40N+. The molecule has 0 aliphatic heterocycles. The van der Waals surface area contributed by atoms with Crippen LogP contribution in [0.1, 0.15) is 76.7 Å². The van der Waals surface area contributed by atoms with Crippen molar-refractivity contribution in [3.63, 3.8) is 0 Å². The molecule has 0 amide bonds. The van der Waals surface area contributed by atoms with Crippen LogP contribution in [-0.2, 0) is 6.42 Å². The van der Waals surface area contributed by atoms with Crippen LogP contribution in [0, 0.1) is 0 Å². The quantitative estimate of drug-likeness (QED) is 0.282. The SMILES string of the molecule is CC[N+](C)(C)CCCCCCCCCCCCc1ccccc1. The minimum absolute atomic E-state index is 1.18. The van der Waals surface area contributed by atoms with E-state index in [0.29, 0.717) is 0 Å². The first-order valence-corrected chi connectivity index (χ1v) is 10.00. The van der Waals surface area contributed by atoms with Gasteiger partial charge in [-0.3, -0.25) is 0 Å². The zero-order chi connectivity index (χ0) is 16.8. The standard InChI is InChI=1S/C22H40N/c1-4-23(2,3)21-17-12-10-8-6-5-7-9-11-14-18-22-19-15-13-16-20-22/h13,15-16,19-20H,4-12,14,17-18,21H2,1-3H3/q+1. The van der Waals surface area contributed by atoms with E-state index in [1.807, 2.05) is 0 Å². The molecule has 1 aromatic rings. The fourth-order valence-electron chi connectivity index (χ4n) is 3.09. The smallest absolute Gasteiger partial charge is 0.0782 e. The van der Waals surface area contributed by atoms with E-state index in [4.69, 9.17) is 0 Å². The first-order valence-electron chi connectivity index (χ1n) is 10.00. The summed E-state index contributed by atoms with van der Waals surface area (Å²) in [6.07, 6.45) is 15.5. The molecule has 132 valence electrons. The van der Waals surface area contributed by atoms with Crippen LogP contribution >= 0.6 is 0 Å². The van der Waals surface area contributed by atoms with Crippen molar-refractivity contribution in [2.75, 3.05) is 27.2 Å². The maximum absolute atomic E-state index is 2.35. The van der Waals surface area contributed by atoms with Gasteiger partial charge in [0, 0.05) is 0 Å². The van der Waals surface area contributed by atoms with E-state index in [2.05, 4.69) is 51.4 Å². The topological polar surface area (TPSA) is 0 Å². The van der Waals surface area contributed by atoms with Crippen LogP contribution in [0.5, 0.6) is 0 Å². The number of unbranched alkanes of at least 4 members (excludes halogenated alkanes) is 9. The summed E-state index contributed by atoms with van der Waals surface area (Å²) in [6.45, 7) is 4.89. The molecule has 0 radical (unpaired) electrons. The largest absolute Gasteiger partial charge is 0.329 e. The maximum Gasteiger partial charge on any atom is 0.0782 e. The van der Waals surface area contributed by atoms with Crippen LogP contribution in [0.4, 0.5) is 0 Å². The number of hydrogen-bond acceptors (Lipinski definition) is 0. The molecule has 0 aliphatic carbocycles. The summed E-state index contributed by atoms with van der Waals surface area (Å²) < 4.78 is 1.18. The van der Waals surface area contributed by atoms with Gasteiger partial charge in [-0.2, -0.15) is 0 Å². The third-order valence-electron chi connectivity index (χ3n) is 5.18. The molecule has 0 N–H and O–H groups in total. The molecule has 1 nitrogen and oxygen atoms in total. The van der Waals surface area contributed by atoms with E-state index in [-0.39, 0.29) is 0 Å². The summed E-state index contributed by atoms with van der Waals surface area (Å²) >= 11 is 0. The van der Waals surface area contributed by atoms with Crippen molar-refractivity contribution >= 4 is 0 Å². The average molecular weight is 319 g/mol. The van der Waals surface area contributed by atoms with Crippen LogP contribution < -0.4 is 0 Å². The molecular weight excluding hydrogens is 278 g/mol. The zero-order valence-corrected chi connectivity index (χ0v) is 16.0. The van der Waals surface area contributed by atoms with Gasteiger partial charge in [-0.25, -0.2) is 0 Å². The van der Waals surface area contributed by atoms with Gasteiger partial charge >= 0.3 is 0 Å². The Balaban J connectivity index is 1.80. The number of rotatable bonds is 14. The van der Waals surface area contributed by atoms with Crippen LogP contribution in [0.15, 0.2) is 30.3 Å². The monoisotopic (exact) mass is 318 g/mol. The van der Waals surface area contributed by atoms with Crippen molar-refractivity contribution in [3.8, 4) is 0 Å². The van der Waals surface area contributed by atoms with E-state index >= 15 is 0 Å². The Morgan fingerprint density at radius 2 is 1.13 bits per heavy atom. The van der Waals surface area contributed by atoms with E-state index in [0.717, 1.165) is 0 Å². The van der Waals surface area contributed by atoms with Crippen LogP contribution in [-0.4, -0.2) is 31.7 Å². The average Bonchev–Trinajstić information content (AvgIpc) is 2.57. The molecule has 0 atom stereocenters. The van der Waals surface area contributed by atoms with E-state index in [9.17, 15) is 0 Å². The molecule has 0 spiro atoms. The molecule has 0 fully saturated rings. The van der Waals surface area contributed by atoms with Gasteiger partial charge in [0.25, 0.3) is 0 Å². The van der Waals surface area contributed by atoms with E-state index < -0.39 is 0 Å². The fraction of sp³-hybridized carbons (Fsp3) is 0.727. The number of benzene rings is 1. The Morgan fingerprint density at radius 3 is 1.65 bits per heavy atom. The van der Waals surface area contributed by atoms with Crippen molar-refractivity contribution in [2.45, 2.75) is 77.6 Å². The van der Waals surface area contributed by atoms with Crippen LogP contribution in [0.2, 0.25) is 0 Å². The van der Waals surface area contributed by atoms with Gasteiger partial charge in [-0.05, 0) is 38.2 Å². The van der Waals surface area contributed by atoms with Gasteiger partial charge in [0.15, 0.2) is 0 Å². The Bertz CT molecular complexity index is 369. The molecule has 0 aliphatic rings. The molecule has 0 heterocycles. The molecule has 0 bridgehead atoms. The first-order chi connectivity index (χ1) is 11.1. The highest BCUT2D eigenvalue weighted by Gasteiger charge is 2.09. The van der Waals surface area contributed by atoms with Crippen molar-refractivity contribution in [3.05, 3.63) is 35.9 Å². The second-order valence-electron chi connectivity index (χ2n) is 7.75. The summed E-state index contributed by atoms with van der Waals surface area (Å²) in [5, 5.41) is 0. The molecule has 0 unspecified atom stereocenters. The minimum Gasteiger partial charge on any atom is -0.329 e. The van der Waals surface area contributed by atoms with Crippen molar-refractivity contribution in [1.82, 2.24) is 0 Å². The third kappa shape index (κ3) is 11.4. The third-order valence-corrected chi connectivity index (χ3v) is 5.18. The lowest BCUT2D eigenvalue weighted by Crippen LogP contribution is -2.39. The second-order valence-corrected chi connectivity index (χ2v) is 7.75. The number of nitrogens with zero attached hydrogens (tertiary/aromatic N) is 1. The Morgan fingerprint density at radius 1 is 0.652 bits per heavy atom. The summed E-state index contributed by atoms with van der Waals surface area (Å²) in [5.41, 5.74) is 1.50. The summed E-state index contributed by atoms with van der Waals surface area (Å²) in [4.78, 5) is 0. The molecule has 0 saturated carbocycles. The lowest BCUT2D eigenvalue weighted by molar-refractivity contribution is -0.888. The van der Waals surface area contributed by atoms with E-state index in [1.54, 1.807) is 0 Å². The Labute approximate surface area is 145 Å². The molecule has 1 aromatic carbocycles. The van der Waals surface area contributed by atoms with Crippen molar-refractivity contribution in [2.24, 2.45) is 0 Å². The van der Waals surface area contributed by atoms with E-state index in [1.165, 1.54) is 93.8 Å². The number of hydrogen-bond donors (Lipinski definition) is 0. The van der Waals surface area contributed by atoms with Gasteiger partial charge in [0.05, 0.1) is 27.2 Å². The number of quaternary nitrogens is 1.